The molecule has 0 amide bonds. The normalized spacial score (nSPS) is 11.4. The molecule has 0 saturated carbocycles. The maximum absolute atomic E-state index is 13.8. The Morgan fingerprint density at radius 2 is 1.65 bits per heavy atom. The van der Waals surface area contributed by atoms with Crippen molar-refractivity contribution in [2.24, 2.45) is 0 Å². The number of aryl methyl sites for hydroxylation is 1. The van der Waals surface area contributed by atoms with Crippen LogP contribution in [0.25, 0.3) is 11.0 Å². The molecular formula is C25H16F4O5. The van der Waals surface area contributed by atoms with E-state index in [1.54, 1.807) is 12.1 Å². The van der Waals surface area contributed by atoms with Gasteiger partial charge in [-0.05, 0) is 48.4 Å². The van der Waals surface area contributed by atoms with Gasteiger partial charge in [0, 0.05) is 6.07 Å². The molecule has 0 atom stereocenters. The molecule has 0 fully saturated rings. The largest absolute Gasteiger partial charge is 0.453 e. The Hall–Kier alpha value is -4.14. The fourth-order valence-electron chi connectivity index (χ4n) is 3.20. The summed E-state index contributed by atoms with van der Waals surface area (Å²) in [7, 11) is 0. The van der Waals surface area contributed by atoms with Gasteiger partial charge in [-0.15, -0.1) is 0 Å². The lowest BCUT2D eigenvalue weighted by molar-refractivity contribution is -0.154. The van der Waals surface area contributed by atoms with E-state index in [9.17, 15) is 27.2 Å². The quantitative estimate of drug-likeness (QED) is 0.188. The molecule has 9 heteroatoms. The lowest BCUT2D eigenvalue weighted by atomic mass is 10.1. The molecule has 4 aromatic rings. The third-order valence-corrected chi connectivity index (χ3v) is 4.94. The maximum Gasteiger partial charge on any atom is 0.453 e. The average Bonchev–Trinajstić information content (AvgIpc) is 2.80. The molecule has 4 rings (SSSR count). The van der Waals surface area contributed by atoms with Crippen molar-refractivity contribution in [3.63, 3.8) is 0 Å². The summed E-state index contributed by atoms with van der Waals surface area (Å²) in [4.78, 5) is 25.1. The molecule has 0 saturated heterocycles. The Balaban J connectivity index is 1.74. The van der Waals surface area contributed by atoms with Gasteiger partial charge in [0.2, 0.25) is 11.2 Å². The van der Waals surface area contributed by atoms with Crippen LogP contribution in [0.1, 0.15) is 28.6 Å². The molecule has 0 bridgehead atoms. The summed E-state index contributed by atoms with van der Waals surface area (Å²) >= 11 is 0. The van der Waals surface area contributed by atoms with Gasteiger partial charge in [-0.3, -0.25) is 4.79 Å². The van der Waals surface area contributed by atoms with E-state index in [0.29, 0.717) is 0 Å². The Kier molecular flexibility index (Phi) is 6.10. The molecule has 34 heavy (non-hydrogen) atoms. The summed E-state index contributed by atoms with van der Waals surface area (Å²) in [5, 5.41) is -0.223. The Bertz CT molecular complexity index is 1420. The minimum absolute atomic E-state index is 0.0322. The van der Waals surface area contributed by atoms with Gasteiger partial charge in [-0.2, -0.15) is 13.2 Å². The fraction of sp³-hybridized carbons (Fsp3) is 0.120. The lowest BCUT2D eigenvalue weighted by Crippen LogP contribution is -2.16. The SMILES string of the molecule is CCc1ccc(Oc2c(C(F)(F)F)oc3cc(OC(=O)c4ccccc4F)ccc3c2=O)cc1. The third-order valence-electron chi connectivity index (χ3n) is 4.94. The van der Waals surface area contributed by atoms with Crippen molar-refractivity contribution in [3.05, 3.63) is 99.7 Å². The van der Waals surface area contributed by atoms with Crippen molar-refractivity contribution in [3.8, 4) is 17.2 Å². The number of ether oxygens (including phenoxy) is 2. The summed E-state index contributed by atoms with van der Waals surface area (Å²) < 4.78 is 70.3. The topological polar surface area (TPSA) is 65.7 Å². The Morgan fingerprint density at radius 1 is 0.971 bits per heavy atom. The lowest BCUT2D eigenvalue weighted by Gasteiger charge is -2.14. The molecule has 0 spiro atoms. The van der Waals surface area contributed by atoms with Crippen molar-refractivity contribution >= 4 is 16.9 Å². The highest BCUT2D eigenvalue weighted by Crippen LogP contribution is 2.38. The number of hydrogen-bond donors (Lipinski definition) is 0. The number of hydrogen-bond acceptors (Lipinski definition) is 5. The van der Waals surface area contributed by atoms with E-state index in [1.165, 1.54) is 36.4 Å². The summed E-state index contributed by atoms with van der Waals surface area (Å²) in [5.74, 6) is -4.74. The predicted octanol–water partition coefficient (Wildman–Crippen LogP) is 6.52. The van der Waals surface area contributed by atoms with Gasteiger partial charge >= 0.3 is 12.1 Å². The first-order valence-corrected chi connectivity index (χ1v) is 10.1. The molecule has 0 unspecified atom stereocenters. The first-order valence-electron chi connectivity index (χ1n) is 10.1. The van der Waals surface area contributed by atoms with E-state index < -0.39 is 40.5 Å². The number of esters is 1. The minimum atomic E-state index is -5.05. The van der Waals surface area contributed by atoms with Crippen LogP contribution in [0.15, 0.2) is 75.9 Å². The van der Waals surface area contributed by atoms with Crippen molar-refractivity contribution in [1.29, 1.82) is 0 Å². The first-order chi connectivity index (χ1) is 16.2. The van der Waals surface area contributed by atoms with Crippen molar-refractivity contribution in [1.82, 2.24) is 0 Å². The molecular weight excluding hydrogens is 456 g/mol. The molecule has 174 valence electrons. The van der Waals surface area contributed by atoms with E-state index in [0.717, 1.165) is 30.2 Å². The number of carbonyl (C=O) groups excluding carboxylic acids is 1. The highest BCUT2D eigenvalue weighted by Gasteiger charge is 2.40. The fourth-order valence-corrected chi connectivity index (χ4v) is 3.20. The molecule has 5 nitrogen and oxygen atoms in total. The highest BCUT2D eigenvalue weighted by atomic mass is 19.4. The van der Waals surface area contributed by atoms with Crippen molar-refractivity contribution in [2.45, 2.75) is 19.5 Å². The first kappa shape index (κ1) is 23.0. The highest BCUT2D eigenvalue weighted by molar-refractivity contribution is 5.92. The number of benzene rings is 3. The summed E-state index contributed by atoms with van der Waals surface area (Å²) in [6, 6.07) is 14.6. The summed E-state index contributed by atoms with van der Waals surface area (Å²) in [5.41, 5.74) is -0.964. The van der Waals surface area contributed by atoms with Gasteiger partial charge in [0.05, 0.1) is 10.9 Å². The van der Waals surface area contributed by atoms with Crippen LogP contribution in [0, 0.1) is 5.82 Å². The van der Waals surface area contributed by atoms with Gasteiger partial charge in [-0.25, -0.2) is 9.18 Å². The van der Waals surface area contributed by atoms with Crippen LogP contribution in [0.4, 0.5) is 17.6 Å². The third kappa shape index (κ3) is 4.63. The van der Waals surface area contributed by atoms with Crippen molar-refractivity contribution in [2.75, 3.05) is 0 Å². The van der Waals surface area contributed by atoms with Gasteiger partial charge in [0.15, 0.2) is 0 Å². The molecule has 1 aromatic heterocycles. The van der Waals surface area contributed by atoms with Gasteiger partial charge in [0.25, 0.3) is 5.76 Å². The molecule has 3 aromatic carbocycles. The number of rotatable bonds is 5. The Morgan fingerprint density at radius 3 is 2.29 bits per heavy atom. The van der Waals surface area contributed by atoms with E-state index in [1.807, 2.05) is 6.92 Å². The molecule has 0 N–H and O–H groups in total. The van der Waals surface area contributed by atoms with Crippen LogP contribution in [0.3, 0.4) is 0 Å². The van der Waals surface area contributed by atoms with E-state index in [-0.39, 0.29) is 22.4 Å². The second kappa shape index (κ2) is 9.01. The smallest absolute Gasteiger partial charge is 0.449 e. The minimum Gasteiger partial charge on any atom is -0.449 e. The monoisotopic (exact) mass is 472 g/mol. The molecule has 0 aliphatic rings. The molecule has 0 aliphatic carbocycles. The second-order valence-corrected chi connectivity index (χ2v) is 7.21. The molecule has 0 aliphatic heterocycles. The van der Waals surface area contributed by atoms with E-state index >= 15 is 0 Å². The van der Waals surface area contributed by atoms with Crippen LogP contribution < -0.4 is 14.9 Å². The number of alkyl halides is 3. The van der Waals surface area contributed by atoms with Gasteiger partial charge in [-0.1, -0.05) is 31.2 Å². The van der Waals surface area contributed by atoms with Crippen LogP contribution in [0.5, 0.6) is 17.2 Å². The predicted molar refractivity (Wildman–Crippen MR) is 115 cm³/mol. The van der Waals surface area contributed by atoms with Crippen LogP contribution in [-0.2, 0) is 12.6 Å². The average molecular weight is 472 g/mol. The number of fused-ring (bicyclic) bond motifs is 1. The van der Waals surface area contributed by atoms with Crippen LogP contribution in [0.2, 0.25) is 0 Å². The van der Waals surface area contributed by atoms with E-state index in [2.05, 4.69) is 0 Å². The van der Waals surface area contributed by atoms with Crippen LogP contribution >= 0.6 is 0 Å². The zero-order valence-corrected chi connectivity index (χ0v) is 17.6. The van der Waals surface area contributed by atoms with Crippen molar-refractivity contribution < 1.29 is 36.2 Å². The Labute approximate surface area is 190 Å². The number of carbonyl (C=O) groups is 1. The molecule has 0 radical (unpaired) electrons. The summed E-state index contributed by atoms with van der Waals surface area (Å²) in [6.07, 6.45) is -4.33. The van der Waals surface area contributed by atoms with Gasteiger partial charge < -0.3 is 13.9 Å². The van der Waals surface area contributed by atoms with E-state index in [4.69, 9.17) is 13.9 Å². The zero-order chi connectivity index (χ0) is 24.5. The maximum atomic E-state index is 13.8. The van der Waals surface area contributed by atoms with Gasteiger partial charge in [0.1, 0.15) is 22.9 Å². The number of halogens is 4. The molecule has 1 heterocycles. The van der Waals surface area contributed by atoms with Crippen LogP contribution in [-0.4, -0.2) is 5.97 Å². The summed E-state index contributed by atoms with van der Waals surface area (Å²) in [6.45, 7) is 1.91. The zero-order valence-electron chi connectivity index (χ0n) is 17.6. The standard InChI is InChI=1S/C25H16F4O5/c1-2-14-7-9-15(10-8-14)32-22-21(30)18-12-11-16(13-20(18)34-23(22)25(27,28)29)33-24(31)17-5-3-4-6-19(17)26/h3-13H,2H2,1H3. The second-order valence-electron chi connectivity index (χ2n) is 7.21.